The molecular formula is C22H22N2O5. The highest BCUT2D eigenvalue weighted by Crippen LogP contribution is 2.37. The van der Waals surface area contributed by atoms with Crippen molar-refractivity contribution >= 4 is 17.6 Å². The van der Waals surface area contributed by atoms with Gasteiger partial charge >= 0.3 is 5.97 Å². The second-order valence-electron chi connectivity index (χ2n) is 6.79. The van der Waals surface area contributed by atoms with E-state index in [4.69, 9.17) is 14.2 Å². The van der Waals surface area contributed by atoms with Gasteiger partial charge in [0.1, 0.15) is 17.6 Å². The normalized spacial score (nSPS) is 15.1. The minimum Gasteiger partial charge on any atom is -0.497 e. The first-order valence-corrected chi connectivity index (χ1v) is 9.25. The van der Waals surface area contributed by atoms with Gasteiger partial charge in [-0.3, -0.25) is 9.59 Å². The van der Waals surface area contributed by atoms with Crippen LogP contribution in [0.2, 0.25) is 0 Å². The number of methoxy groups -OCH3 is 1. The summed E-state index contributed by atoms with van der Waals surface area (Å²) in [5.74, 6) is 0.279. The number of nitriles is 1. The highest BCUT2D eigenvalue weighted by molar-refractivity contribution is 6.00. The van der Waals surface area contributed by atoms with Crippen LogP contribution in [0, 0.1) is 11.3 Å². The summed E-state index contributed by atoms with van der Waals surface area (Å²) in [4.78, 5) is 24.5. The monoisotopic (exact) mass is 394 g/mol. The number of carbonyl (C=O) groups excluding carboxylic acids is 2. The molecule has 29 heavy (non-hydrogen) atoms. The van der Waals surface area contributed by atoms with Crippen molar-refractivity contribution in [2.45, 2.75) is 25.2 Å². The predicted molar refractivity (Wildman–Crippen MR) is 106 cm³/mol. The summed E-state index contributed by atoms with van der Waals surface area (Å²) in [6, 6.07) is 14.0. The van der Waals surface area contributed by atoms with E-state index in [2.05, 4.69) is 5.32 Å². The lowest BCUT2D eigenvalue weighted by Crippen LogP contribution is -2.45. The first-order valence-electron chi connectivity index (χ1n) is 9.25. The standard InChI is InChI=1S/C22H22N2O5/c1-15(25)29-19-7-8-20(16(13-19)14-23)24-21(26)22(9-11-28-12-10-22)17-3-5-18(27-2)6-4-17/h3-8,13H,9-12H2,1-2H3,(H,24,26). The van der Waals surface area contributed by atoms with Crippen molar-refractivity contribution < 1.29 is 23.8 Å². The van der Waals surface area contributed by atoms with Crippen molar-refractivity contribution in [3.05, 3.63) is 53.6 Å². The molecule has 7 nitrogen and oxygen atoms in total. The van der Waals surface area contributed by atoms with Crippen LogP contribution in [-0.2, 0) is 19.7 Å². The second kappa shape index (κ2) is 8.76. The average Bonchev–Trinajstić information content (AvgIpc) is 2.74. The van der Waals surface area contributed by atoms with Crippen LogP contribution >= 0.6 is 0 Å². The van der Waals surface area contributed by atoms with Gasteiger partial charge in [-0.25, -0.2) is 0 Å². The van der Waals surface area contributed by atoms with Gasteiger partial charge in [0.15, 0.2) is 0 Å². The van der Waals surface area contributed by atoms with Crippen LogP contribution in [0.4, 0.5) is 5.69 Å². The molecule has 0 spiro atoms. The largest absolute Gasteiger partial charge is 0.497 e. The summed E-state index contributed by atoms with van der Waals surface area (Å²) >= 11 is 0. The summed E-state index contributed by atoms with van der Waals surface area (Å²) in [6.45, 7) is 2.22. The number of nitrogens with one attached hydrogen (secondary N) is 1. The third-order valence-corrected chi connectivity index (χ3v) is 5.04. The fraction of sp³-hybridized carbons (Fsp3) is 0.318. The van der Waals surface area contributed by atoms with E-state index in [0.717, 1.165) is 5.56 Å². The number of benzene rings is 2. The summed E-state index contributed by atoms with van der Waals surface area (Å²) in [5.41, 5.74) is 0.683. The van der Waals surface area contributed by atoms with E-state index in [1.807, 2.05) is 30.3 Å². The van der Waals surface area contributed by atoms with Crippen LogP contribution in [0.5, 0.6) is 11.5 Å². The topological polar surface area (TPSA) is 97.6 Å². The molecule has 2 aromatic rings. The molecule has 0 unspecified atom stereocenters. The summed E-state index contributed by atoms with van der Waals surface area (Å²) < 4.78 is 15.7. The fourth-order valence-electron chi connectivity index (χ4n) is 3.47. The van der Waals surface area contributed by atoms with Crippen molar-refractivity contribution in [3.8, 4) is 17.6 Å². The van der Waals surface area contributed by atoms with E-state index < -0.39 is 11.4 Å². The van der Waals surface area contributed by atoms with E-state index in [0.29, 0.717) is 37.5 Å². The number of amides is 1. The van der Waals surface area contributed by atoms with Crippen LogP contribution in [-0.4, -0.2) is 32.2 Å². The molecule has 2 aromatic carbocycles. The first kappa shape index (κ1) is 20.4. The maximum atomic E-state index is 13.4. The van der Waals surface area contributed by atoms with Gasteiger partial charge in [-0.1, -0.05) is 12.1 Å². The Morgan fingerprint density at radius 1 is 1.10 bits per heavy atom. The number of hydrogen-bond acceptors (Lipinski definition) is 6. The number of ether oxygens (including phenoxy) is 3. The number of carbonyl (C=O) groups is 2. The predicted octanol–water partition coefficient (Wildman–Crippen LogP) is 3.18. The second-order valence-corrected chi connectivity index (χ2v) is 6.79. The Morgan fingerprint density at radius 2 is 1.76 bits per heavy atom. The van der Waals surface area contributed by atoms with E-state index in [-0.39, 0.29) is 17.2 Å². The lowest BCUT2D eigenvalue weighted by Gasteiger charge is -2.36. The Labute approximate surface area is 169 Å². The maximum Gasteiger partial charge on any atom is 0.308 e. The Balaban J connectivity index is 1.91. The quantitative estimate of drug-likeness (QED) is 0.618. The van der Waals surface area contributed by atoms with E-state index in [1.54, 1.807) is 19.2 Å². The van der Waals surface area contributed by atoms with Gasteiger partial charge in [0.05, 0.1) is 23.8 Å². The molecule has 0 aromatic heterocycles. The number of nitrogens with zero attached hydrogens (tertiary/aromatic N) is 1. The van der Waals surface area contributed by atoms with Crippen molar-refractivity contribution in [3.63, 3.8) is 0 Å². The molecule has 1 fully saturated rings. The number of rotatable bonds is 5. The maximum absolute atomic E-state index is 13.4. The lowest BCUT2D eigenvalue weighted by molar-refractivity contribution is -0.132. The highest BCUT2D eigenvalue weighted by atomic mass is 16.5. The van der Waals surface area contributed by atoms with Gasteiger partial charge in [-0.05, 0) is 42.7 Å². The van der Waals surface area contributed by atoms with Crippen molar-refractivity contribution in [2.24, 2.45) is 0 Å². The van der Waals surface area contributed by atoms with Crippen LogP contribution in [0.15, 0.2) is 42.5 Å². The van der Waals surface area contributed by atoms with Gasteiger partial charge in [-0.15, -0.1) is 0 Å². The zero-order valence-electron chi connectivity index (χ0n) is 16.4. The van der Waals surface area contributed by atoms with Crippen LogP contribution < -0.4 is 14.8 Å². The van der Waals surface area contributed by atoms with Gasteiger partial charge in [0.2, 0.25) is 5.91 Å². The third-order valence-electron chi connectivity index (χ3n) is 5.04. The van der Waals surface area contributed by atoms with Crippen molar-refractivity contribution in [1.82, 2.24) is 0 Å². The highest BCUT2D eigenvalue weighted by Gasteiger charge is 2.42. The summed E-state index contributed by atoms with van der Waals surface area (Å²) in [5, 5.41) is 12.4. The molecule has 0 saturated carbocycles. The first-order chi connectivity index (χ1) is 14.0. The molecule has 1 amide bonds. The molecule has 0 bridgehead atoms. The summed E-state index contributed by atoms with van der Waals surface area (Å²) in [7, 11) is 1.59. The third kappa shape index (κ3) is 4.39. The van der Waals surface area contributed by atoms with Gasteiger partial charge < -0.3 is 19.5 Å². The molecule has 1 saturated heterocycles. The molecular weight excluding hydrogens is 372 g/mol. The number of anilines is 1. The molecule has 7 heteroatoms. The minimum absolute atomic E-state index is 0.206. The van der Waals surface area contributed by atoms with Crippen molar-refractivity contribution in [1.29, 1.82) is 5.26 Å². The van der Waals surface area contributed by atoms with E-state index in [1.165, 1.54) is 13.0 Å². The zero-order valence-corrected chi connectivity index (χ0v) is 16.4. The molecule has 0 atom stereocenters. The SMILES string of the molecule is COc1ccc(C2(C(=O)Nc3ccc(OC(C)=O)cc3C#N)CCOCC2)cc1. The molecule has 3 rings (SSSR count). The molecule has 1 N–H and O–H groups in total. The Hall–Kier alpha value is -3.37. The average molecular weight is 394 g/mol. The molecule has 0 radical (unpaired) electrons. The summed E-state index contributed by atoms with van der Waals surface area (Å²) in [6.07, 6.45) is 1.05. The van der Waals surface area contributed by atoms with Crippen LogP contribution in [0.1, 0.15) is 30.9 Å². The molecule has 1 aliphatic rings. The molecule has 150 valence electrons. The Morgan fingerprint density at radius 3 is 2.34 bits per heavy atom. The van der Waals surface area contributed by atoms with E-state index in [9.17, 15) is 14.9 Å². The molecule has 0 aliphatic carbocycles. The molecule has 1 heterocycles. The fourth-order valence-corrected chi connectivity index (χ4v) is 3.47. The Kier molecular flexibility index (Phi) is 6.15. The number of esters is 1. The zero-order chi connectivity index (χ0) is 20.9. The van der Waals surface area contributed by atoms with Gasteiger partial charge in [0.25, 0.3) is 0 Å². The van der Waals surface area contributed by atoms with E-state index >= 15 is 0 Å². The van der Waals surface area contributed by atoms with Gasteiger partial charge in [-0.2, -0.15) is 5.26 Å². The Bertz CT molecular complexity index is 941. The minimum atomic E-state index is -0.772. The smallest absolute Gasteiger partial charge is 0.308 e. The van der Waals surface area contributed by atoms with Crippen LogP contribution in [0.25, 0.3) is 0 Å². The van der Waals surface area contributed by atoms with Gasteiger partial charge in [0, 0.05) is 26.2 Å². The van der Waals surface area contributed by atoms with Crippen LogP contribution in [0.3, 0.4) is 0 Å². The van der Waals surface area contributed by atoms with Crippen molar-refractivity contribution in [2.75, 3.05) is 25.6 Å². The molecule has 1 aliphatic heterocycles. The number of hydrogen-bond donors (Lipinski definition) is 1. The lowest BCUT2D eigenvalue weighted by atomic mass is 9.73.